The van der Waals surface area contributed by atoms with Crippen molar-refractivity contribution >= 4 is 0 Å². The molecule has 2 heterocycles. The summed E-state index contributed by atoms with van der Waals surface area (Å²) in [6, 6.07) is 24.8. The van der Waals surface area contributed by atoms with E-state index in [2.05, 4.69) is 56.8 Å². The van der Waals surface area contributed by atoms with Gasteiger partial charge in [0, 0.05) is 13.1 Å². The molecule has 4 aromatic rings. The molecule has 0 saturated heterocycles. The van der Waals surface area contributed by atoms with E-state index in [9.17, 15) is 0 Å². The third-order valence-corrected chi connectivity index (χ3v) is 6.25. The number of hydrogen-bond donors (Lipinski definition) is 0. The summed E-state index contributed by atoms with van der Waals surface area (Å²) >= 11 is 0. The first-order valence-corrected chi connectivity index (χ1v) is 11.1. The van der Waals surface area contributed by atoms with Crippen molar-refractivity contribution in [3.8, 4) is 11.5 Å². The molecule has 0 N–H and O–H groups in total. The van der Waals surface area contributed by atoms with E-state index in [0.717, 1.165) is 48.0 Å². The van der Waals surface area contributed by atoms with Gasteiger partial charge < -0.3 is 9.47 Å². The van der Waals surface area contributed by atoms with Crippen molar-refractivity contribution in [3.63, 3.8) is 0 Å². The van der Waals surface area contributed by atoms with Gasteiger partial charge in [-0.3, -0.25) is 4.90 Å². The first kappa shape index (κ1) is 21.2. The highest BCUT2D eigenvalue weighted by atomic mass is 16.5. The number of rotatable bonds is 7. The third kappa shape index (κ3) is 4.45. The fourth-order valence-corrected chi connectivity index (χ4v) is 4.47. The van der Waals surface area contributed by atoms with Crippen LogP contribution in [0.25, 0.3) is 0 Å². The summed E-state index contributed by atoms with van der Waals surface area (Å²) in [6.07, 6.45) is 1.00. The van der Waals surface area contributed by atoms with E-state index in [1.54, 1.807) is 14.2 Å². The molecule has 0 spiro atoms. The van der Waals surface area contributed by atoms with Gasteiger partial charge in [-0.15, -0.1) is 5.10 Å². The summed E-state index contributed by atoms with van der Waals surface area (Å²) < 4.78 is 12.6. The Morgan fingerprint density at radius 2 is 1.52 bits per heavy atom. The van der Waals surface area contributed by atoms with Crippen LogP contribution in [0.3, 0.4) is 0 Å². The van der Waals surface area contributed by atoms with Crippen molar-refractivity contribution in [2.45, 2.75) is 25.6 Å². The molecule has 0 radical (unpaired) electrons. The second-order valence-corrected chi connectivity index (χ2v) is 8.21. The fraction of sp³-hybridized carbons (Fsp3) is 0.269. The first-order valence-electron chi connectivity index (χ1n) is 11.1. The van der Waals surface area contributed by atoms with Gasteiger partial charge in [-0.25, -0.2) is 4.68 Å². The molecule has 7 nitrogen and oxygen atoms in total. The molecular weight excluding hydrogens is 414 g/mol. The highest BCUT2D eigenvalue weighted by Gasteiger charge is 2.30. The Labute approximate surface area is 193 Å². The normalized spacial score (nSPS) is 14.5. The molecule has 0 bridgehead atoms. The summed E-state index contributed by atoms with van der Waals surface area (Å²) in [5.41, 5.74) is 5.03. The second-order valence-electron chi connectivity index (χ2n) is 8.21. The van der Waals surface area contributed by atoms with Crippen LogP contribution in [-0.2, 0) is 19.5 Å². The Morgan fingerprint density at radius 3 is 2.21 bits per heavy atom. The van der Waals surface area contributed by atoms with Gasteiger partial charge in [-0.2, -0.15) is 0 Å². The minimum Gasteiger partial charge on any atom is -0.497 e. The van der Waals surface area contributed by atoms with Crippen molar-refractivity contribution in [2.75, 3.05) is 20.8 Å². The molecule has 0 fully saturated rings. The number of hydrogen-bond acceptors (Lipinski definition) is 6. The molecule has 1 unspecified atom stereocenters. The molecule has 1 aliphatic heterocycles. The van der Waals surface area contributed by atoms with Crippen LogP contribution in [0, 0.1) is 0 Å². The summed E-state index contributed by atoms with van der Waals surface area (Å²) in [5, 5.41) is 12.9. The topological polar surface area (TPSA) is 65.3 Å². The number of benzene rings is 3. The van der Waals surface area contributed by atoms with Gasteiger partial charge >= 0.3 is 0 Å². The van der Waals surface area contributed by atoms with Crippen molar-refractivity contribution < 1.29 is 9.47 Å². The van der Waals surface area contributed by atoms with E-state index >= 15 is 0 Å². The zero-order valence-electron chi connectivity index (χ0n) is 18.9. The molecular formula is C26H27N5O2. The van der Waals surface area contributed by atoms with Crippen molar-refractivity contribution in [3.05, 3.63) is 101 Å². The SMILES string of the molecule is COc1ccc(Cn2nnnc2C(c2ccc(OC)cc2)N2CCc3ccccc3C2)cc1. The van der Waals surface area contributed by atoms with Crippen LogP contribution in [0.5, 0.6) is 11.5 Å². The van der Waals surface area contributed by atoms with Crippen LogP contribution in [0.15, 0.2) is 72.8 Å². The van der Waals surface area contributed by atoms with Gasteiger partial charge in [0.25, 0.3) is 0 Å². The van der Waals surface area contributed by atoms with Crippen LogP contribution >= 0.6 is 0 Å². The monoisotopic (exact) mass is 441 g/mol. The maximum absolute atomic E-state index is 5.38. The number of aromatic nitrogens is 4. The molecule has 1 aliphatic rings. The van der Waals surface area contributed by atoms with Crippen LogP contribution in [0.1, 0.15) is 34.1 Å². The lowest BCUT2D eigenvalue weighted by Gasteiger charge is -2.35. The zero-order chi connectivity index (χ0) is 22.6. The van der Waals surface area contributed by atoms with E-state index in [-0.39, 0.29) is 6.04 Å². The van der Waals surface area contributed by atoms with Crippen LogP contribution in [0.2, 0.25) is 0 Å². The highest BCUT2D eigenvalue weighted by Crippen LogP contribution is 2.33. The van der Waals surface area contributed by atoms with E-state index < -0.39 is 0 Å². The molecule has 33 heavy (non-hydrogen) atoms. The Hall–Kier alpha value is -3.71. The Morgan fingerprint density at radius 1 is 0.848 bits per heavy atom. The highest BCUT2D eigenvalue weighted by molar-refractivity contribution is 5.35. The number of tetrazole rings is 1. The van der Waals surface area contributed by atoms with Crippen LogP contribution < -0.4 is 9.47 Å². The van der Waals surface area contributed by atoms with E-state index in [4.69, 9.17) is 9.47 Å². The van der Waals surface area contributed by atoms with Gasteiger partial charge in [0.1, 0.15) is 11.5 Å². The number of fused-ring (bicyclic) bond motifs is 1. The predicted molar refractivity (Wildman–Crippen MR) is 125 cm³/mol. The minimum absolute atomic E-state index is 0.0717. The molecule has 0 aliphatic carbocycles. The summed E-state index contributed by atoms with van der Waals surface area (Å²) in [6.45, 7) is 2.37. The minimum atomic E-state index is -0.0717. The average Bonchev–Trinajstić information content (AvgIpc) is 3.32. The van der Waals surface area contributed by atoms with Gasteiger partial charge in [0.15, 0.2) is 5.82 Å². The molecule has 168 valence electrons. The lowest BCUT2D eigenvalue weighted by atomic mass is 9.96. The van der Waals surface area contributed by atoms with Crippen LogP contribution in [-0.4, -0.2) is 45.9 Å². The van der Waals surface area contributed by atoms with Gasteiger partial charge in [0.05, 0.1) is 26.8 Å². The van der Waals surface area contributed by atoms with Crippen molar-refractivity contribution in [1.29, 1.82) is 0 Å². The quantitative estimate of drug-likeness (QED) is 0.434. The molecule has 5 rings (SSSR count). The summed E-state index contributed by atoms with van der Waals surface area (Å²) in [4.78, 5) is 2.46. The molecule has 1 atom stereocenters. The standard InChI is InChI=1S/C26H27N5O2/c1-32-23-11-7-19(8-12-23)17-31-26(27-28-29-31)25(21-9-13-24(33-2)14-10-21)30-16-15-20-5-3-4-6-22(20)18-30/h3-14,25H,15-18H2,1-2H3. The van der Waals surface area contributed by atoms with Gasteiger partial charge in [-0.05, 0) is 63.4 Å². The fourth-order valence-electron chi connectivity index (χ4n) is 4.47. The number of ether oxygens (including phenoxy) is 2. The Balaban J connectivity index is 1.50. The second kappa shape index (κ2) is 9.42. The Kier molecular flexibility index (Phi) is 6.04. The van der Waals surface area contributed by atoms with E-state index in [0.29, 0.717) is 6.54 Å². The zero-order valence-corrected chi connectivity index (χ0v) is 18.9. The molecule has 3 aromatic carbocycles. The number of methoxy groups -OCH3 is 2. The summed E-state index contributed by atoms with van der Waals surface area (Å²) in [7, 11) is 3.36. The van der Waals surface area contributed by atoms with Gasteiger partial charge in [-0.1, -0.05) is 48.5 Å². The van der Waals surface area contributed by atoms with E-state index in [1.807, 2.05) is 41.1 Å². The molecule has 7 heteroatoms. The maximum Gasteiger partial charge on any atom is 0.173 e. The lowest BCUT2D eigenvalue weighted by molar-refractivity contribution is 0.195. The summed E-state index contributed by atoms with van der Waals surface area (Å²) in [5.74, 6) is 2.49. The maximum atomic E-state index is 5.38. The van der Waals surface area contributed by atoms with Crippen molar-refractivity contribution in [1.82, 2.24) is 25.1 Å². The Bertz CT molecular complexity index is 1200. The van der Waals surface area contributed by atoms with Crippen molar-refractivity contribution in [2.24, 2.45) is 0 Å². The predicted octanol–water partition coefficient (Wildman–Crippen LogP) is 3.89. The van der Waals surface area contributed by atoms with Crippen LogP contribution in [0.4, 0.5) is 0 Å². The molecule has 0 amide bonds. The number of nitrogens with zero attached hydrogens (tertiary/aromatic N) is 5. The first-order chi connectivity index (χ1) is 16.2. The average molecular weight is 442 g/mol. The lowest BCUT2D eigenvalue weighted by Crippen LogP contribution is -2.36. The molecule has 0 saturated carbocycles. The largest absolute Gasteiger partial charge is 0.497 e. The van der Waals surface area contributed by atoms with E-state index in [1.165, 1.54) is 11.1 Å². The smallest absolute Gasteiger partial charge is 0.173 e. The molecule has 1 aromatic heterocycles. The van der Waals surface area contributed by atoms with Gasteiger partial charge in [0.2, 0.25) is 0 Å². The third-order valence-electron chi connectivity index (χ3n) is 6.25.